The van der Waals surface area contributed by atoms with Crippen molar-refractivity contribution in [2.75, 3.05) is 19.6 Å². The number of carbonyl (C=O) groups excluding carboxylic acids is 1. The number of piperidine rings is 1. The molecule has 1 amide bonds. The lowest BCUT2D eigenvalue weighted by Gasteiger charge is -2.32. The van der Waals surface area contributed by atoms with Gasteiger partial charge in [0.25, 0.3) is 5.91 Å². The Labute approximate surface area is 108 Å². The smallest absolute Gasteiger partial charge is 0.289 e. The highest BCUT2D eigenvalue weighted by Gasteiger charge is 2.26. The molecule has 0 spiro atoms. The number of likely N-dealkylation sites (tertiary alicyclic amines) is 1. The molecule has 0 aliphatic carbocycles. The van der Waals surface area contributed by atoms with E-state index in [0.717, 1.165) is 44.5 Å². The van der Waals surface area contributed by atoms with E-state index in [2.05, 4.69) is 12.2 Å². The van der Waals surface area contributed by atoms with Gasteiger partial charge in [-0.25, -0.2) is 0 Å². The van der Waals surface area contributed by atoms with Gasteiger partial charge in [0.1, 0.15) is 0 Å². The molecule has 1 saturated heterocycles. The summed E-state index contributed by atoms with van der Waals surface area (Å²) in [6.07, 6.45) is 4.93. The minimum atomic E-state index is 0.0282. The van der Waals surface area contributed by atoms with Crippen LogP contribution in [0, 0.1) is 6.92 Å². The van der Waals surface area contributed by atoms with Crippen molar-refractivity contribution in [1.29, 1.82) is 0 Å². The monoisotopic (exact) mass is 250 g/mol. The summed E-state index contributed by atoms with van der Waals surface area (Å²) in [6.45, 7) is 6.72. The van der Waals surface area contributed by atoms with Crippen LogP contribution in [-0.4, -0.2) is 36.5 Å². The molecular weight excluding hydrogens is 228 g/mol. The lowest BCUT2D eigenvalue weighted by Crippen LogP contribution is -2.48. The van der Waals surface area contributed by atoms with Crippen LogP contribution < -0.4 is 5.32 Å². The Kier molecular flexibility index (Phi) is 4.42. The van der Waals surface area contributed by atoms with Crippen LogP contribution in [0.4, 0.5) is 0 Å². The predicted octanol–water partition coefficient (Wildman–Crippen LogP) is 2.19. The summed E-state index contributed by atoms with van der Waals surface area (Å²) in [5, 5.41) is 3.49. The van der Waals surface area contributed by atoms with Crippen LogP contribution in [0.2, 0.25) is 0 Å². The van der Waals surface area contributed by atoms with Gasteiger partial charge in [0.15, 0.2) is 5.76 Å². The first-order valence-corrected chi connectivity index (χ1v) is 6.79. The molecule has 1 fully saturated rings. The van der Waals surface area contributed by atoms with Crippen LogP contribution >= 0.6 is 0 Å². The molecule has 0 aromatic carbocycles. The van der Waals surface area contributed by atoms with Crippen LogP contribution in [-0.2, 0) is 0 Å². The molecule has 1 aliphatic rings. The number of hydrogen-bond acceptors (Lipinski definition) is 3. The number of hydrogen-bond donors (Lipinski definition) is 1. The van der Waals surface area contributed by atoms with Crippen LogP contribution in [0.25, 0.3) is 0 Å². The topological polar surface area (TPSA) is 45.5 Å². The highest BCUT2D eigenvalue weighted by molar-refractivity contribution is 5.92. The van der Waals surface area contributed by atoms with Crippen LogP contribution in [0.15, 0.2) is 16.7 Å². The van der Waals surface area contributed by atoms with E-state index >= 15 is 0 Å². The number of rotatable bonds is 4. The summed E-state index contributed by atoms with van der Waals surface area (Å²) in [5.74, 6) is 0.520. The van der Waals surface area contributed by atoms with E-state index in [0.29, 0.717) is 11.8 Å². The summed E-state index contributed by atoms with van der Waals surface area (Å²) in [5.41, 5.74) is 0.920. The van der Waals surface area contributed by atoms with Crippen molar-refractivity contribution in [1.82, 2.24) is 10.2 Å². The van der Waals surface area contributed by atoms with E-state index in [9.17, 15) is 4.79 Å². The zero-order valence-corrected chi connectivity index (χ0v) is 11.2. The fourth-order valence-electron chi connectivity index (χ4n) is 2.41. The average Bonchev–Trinajstić information content (AvgIpc) is 2.82. The second-order valence-corrected chi connectivity index (χ2v) is 4.98. The fraction of sp³-hybridized carbons (Fsp3) is 0.643. The number of aryl methyl sites for hydroxylation is 1. The quantitative estimate of drug-likeness (QED) is 0.891. The Morgan fingerprint density at radius 1 is 1.61 bits per heavy atom. The van der Waals surface area contributed by atoms with Crippen LogP contribution in [0.3, 0.4) is 0 Å². The number of carbonyl (C=O) groups is 1. The van der Waals surface area contributed by atoms with Gasteiger partial charge in [-0.2, -0.15) is 0 Å². The van der Waals surface area contributed by atoms with Gasteiger partial charge < -0.3 is 14.6 Å². The zero-order valence-electron chi connectivity index (χ0n) is 11.2. The van der Waals surface area contributed by atoms with Gasteiger partial charge in [0.2, 0.25) is 0 Å². The molecule has 2 heterocycles. The van der Waals surface area contributed by atoms with Crippen molar-refractivity contribution in [3.05, 3.63) is 23.7 Å². The molecule has 4 heteroatoms. The van der Waals surface area contributed by atoms with Crippen molar-refractivity contribution >= 4 is 5.91 Å². The van der Waals surface area contributed by atoms with Crippen molar-refractivity contribution in [2.24, 2.45) is 0 Å². The number of nitrogens with one attached hydrogen (secondary N) is 1. The highest BCUT2D eigenvalue weighted by atomic mass is 16.3. The number of nitrogens with zero attached hydrogens (tertiary/aromatic N) is 1. The van der Waals surface area contributed by atoms with Gasteiger partial charge in [-0.05, 0) is 38.8 Å². The van der Waals surface area contributed by atoms with Crippen LogP contribution in [0.5, 0.6) is 0 Å². The predicted molar refractivity (Wildman–Crippen MR) is 70.7 cm³/mol. The Morgan fingerprint density at radius 3 is 3.11 bits per heavy atom. The molecule has 1 aromatic rings. The van der Waals surface area contributed by atoms with E-state index in [-0.39, 0.29) is 5.91 Å². The summed E-state index contributed by atoms with van der Waals surface area (Å²) in [6, 6.07) is 2.27. The summed E-state index contributed by atoms with van der Waals surface area (Å²) < 4.78 is 5.28. The molecule has 0 bridgehead atoms. The van der Waals surface area contributed by atoms with E-state index in [1.807, 2.05) is 17.9 Å². The molecule has 1 atom stereocenters. The molecule has 1 aromatic heterocycles. The standard InChI is InChI=1S/C14H22N2O2/c1-3-7-15-12-5-4-8-16(10-12)14(17)13-11(2)6-9-18-13/h6,9,12,15H,3-5,7-8,10H2,1-2H3. The molecule has 4 nitrogen and oxygen atoms in total. The molecule has 1 unspecified atom stereocenters. The molecule has 100 valence electrons. The number of amides is 1. The van der Waals surface area contributed by atoms with E-state index in [1.165, 1.54) is 0 Å². The zero-order chi connectivity index (χ0) is 13.0. The maximum atomic E-state index is 12.3. The molecule has 2 rings (SSSR count). The van der Waals surface area contributed by atoms with E-state index in [1.54, 1.807) is 6.26 Å². The first kappa shape index (κ1) is 13.1. The second-order valence-electron chi connectivity index (χ2n) is 4.98. The highest BCUT2D eigenvalue weighted by Crippen LogP contribution is 2.16. The number of furan rings is 1. The molecule has 1 N–H and O–H groups in total. The Bertz CT molecular complexity index is 400. The van der Waals surface area contributed by atoms with Crippen molar-refractivity contribution in [3.63, 3.8) is 0 Å². The Hall–Kier alpha value is -1.29. The molecule has 0 saturated carbocycles. The summed E-state index contributed by atoms with van der Waals surface area (Å²) in [7, 11) is 0. The molecule has 0 radical (unpaired) electrons. The van der Waals surface area contributed by atoms with Gasteiger partial charge in [0.05, 0.1) is 6.26 Å². The minimum Gasteiger partial charge on any atom is -0.459 e. The van der Waals surface area contributed by atoms with Crippen molar-refractivity contribution in [2.45, 2.75) is 39.2 Å². The first-order valence-electron chi connectivity index (χ1n) is 6.79. The van der Waals surface area contributed by atoms with Crippen LogP contribution in [0.1, 0.15) is 42.3 Å². The van der Waals surface area contributed by atoms with Gasteiger partial charge in [-0.3, -0.25) is 4.79 Å². The Morgan fingerprint density at radius 2 is 2.44 bits per heavy atom. The van der Waals surface area contributed by atoms with Gasteiger partial charge in [-0.1, -0.05) is 6.92 Å². The summed E-state index contributed by atoms with van der Waals surface area (Å²) in [4.78, 5) is 14.2. The molecular formula is C14H22N2O2. The lowest BCUT2D eigenvalue weighted by atomic mass is 10.0. The summed E-state index contributed by atoms with van der Waals surface area (Å²) >= 11 is 0. The fourth-order valence-corrected chi connectivity index (χ4v) is 2.41. The molecule has 18 heavy (non-hydrogen) atoms. The van der Waals surface area contributed by atoms with Crippen molar-refractivity contribution < 1.29 is 9.21 Å². The maximum Gasteiger partial charge on any atom is 0.289 e. The van der Waals surface area contributed by atoms with E-state index in [4.69, 9.17) is 4.42 Å². The third-order valence-electron chi connectivity index (χ3n) is 3.45. The normalized spacial score (nSPS) is 20.1. The Balaban J connectivity index is 1.96. The first-order chi connectivity index (χ1) is 8.72. The lowest BCUT2D eigenvalue weighted by molar-refractivity contribution is 0.0662. The van der Waals surface area contributed by atoms with E-state index < -0.39 is 0 Å². The third-order valence-corrected chi connectivity index (χ3v) is 3.45. The van der Waals surface area contributed by atoms with Gasteiger partial charge in [-0.15, -0.1) is 0 Å². The maximum absolute atomic E-state index is 12.3. The SMILES string of the molecule is CCCNC1CCCN(C(=O)c2occc2C)C1. The average molecular weight is 250 g/mol. The second kappa shape index (κ2) is 6.05. The van der Waals surface area contributed by atoms with Crippen molar-refractivity contribution in [3.8, 4) is 0 Å². The molecule has 1 aliphatic heterocycles. The minimum absolute atomic E-state index is 0.0282. The largest absolute Gasteiger partial charge is 0.459 e. The van der Waals surface area contributed by atoms with Gasteiger partial charge >= 0.3 is 0 Å². The van der Waals surface area contributed by atoms with Gasteiger partial charge in [0, 0.05) is 24.7 Å². The third kappa shape index (κ3) is 2.93.